The Kier molecular flexibility index (Phi) is 4.65. The number of aliphatic imine (C=N–C) groups is 1. The summed E-state index contributed by atoms with van der Waals surface area (Å²) in [6.07, 6.45) is 3.11. The molecule has 0 saturated heterocycles. The topological polar surface area (TPSA) is 55.5 Å². The molecule has 90 valence electrons. The van der Waals surface area contributed by atoms with Gasteiger partial charge in [0.2, 0.25) is 5.91 Å². The number of hydrogen-bond acceptors (Lipinski definition) is 2. The summed E-state index contributed by atoms with van der Waals surface area (Å²) < 4.78 is 0. The lowest BCUT2D eigenvalue weighted by atomic mass is 10.0. The normalized spacial score (nSPS) is 10.2. The van der Waals surface area contributed by atoms with Gasteiger partial charge in [-0.15, -0.1) is 0 Å². The maximum atomic E-state index is 11.1. The van der Waals surface area contributed by atoms with Crippen molar-refractivity contribution in [1.29, 1.82) is 0 Å². The number of nitrogens with zero attached hydrogens (tertiary/aromatic N) is 1. The van der Waals surface area contributed by atoms with Crippen molar-refractivity contribution < 1.29 is 4.79 Å². The minimum atomic E-state index is -0.467. The van der Waals surface area contributed by atoms with E-state index in [2.05, 4.69) is 30.1 Å². The van der Waals surface area contributed by atoms with Crippen LogP contribution in [-0.4, -0.2) is 12.6 Å². The lowest BCUT2D eigenvalue weighted by molar-refractivity contribution is 0.100. The molecule has 0 radical (unpaired) electrons. The van der Waals surface area contributed by atoms with Gasteiger partial charge in [-0.25, -0.2) is 0 Å². The van der Waals surface area contributed by atoms with E-state index < -0.39 is 5.91 Å². The quantitative estimate of drug-likeness (QED) is 0.490. The number of nitrogens with two attached hydrogens (primary N) is 1. The fourth-order valence-electron chi connectivity index (χ4n) is 1.28. The zero-order valence-electron chi connectivity index (χ0n) is 10.2. The van der Waals surface area contributed by atoms with Crippen LogP contribution in [0.3, 0.4) is 0 Å². The third-order valence-electron chi connectivity index (χ3n) is 2.31. The van der Waals surface area contributed by atoms with Gasteiger partial charge in [0.25, 0.3) is 0 Å². The molecule has 0 fully saturated rings. The SMILES string of the molecule is C=C/C(C#Cc1cc(C(N)=O)ccc1C)=C\N=C. The summed E-state index contributed by atoms with van der Waals surface area (Å²) in [5, 5.41) is 0. The highest BCUT2D eigenvalue weighted by Crippen LogP contribution is 2.10. The Morgan fingerprint density at radius 2 is 2.22 bits per heavy atom. The van der Waals surface area contributed by atoms with Crippen molar-refractivity contribution in [3.8, 4) is 11.8 Å². The molecule has 0 aliphatic carbocycles. The molecule has 1 amide bonds. The van der Waals surface area contributed by atoms with Crippen LogP contribution in [0.5, 0.6) is 0 Å². The van der Waals surface area contributed by atoms with Crippen LogP contribution >= 0.6 is 0 Å². The van der Waals surface area contributed by atoms with Gasteiger partial charge in [0, 0.05) is 22.9 Å². The number of carbonyl (C=O) groups excluding carboxylic acids is 1. The zero-order chi connectivity index (χ0) is 13.5. The summed E-state index contributed by atoms with van der Waals surface area (Å²) in [6.45, 7) is 8.90. The third kappa shape index (κ3) is 3.46. The van der Waals surface area contributed by atoms with E-state index in [0.717, 1.165) is 11.1 Å². The molecule has 3 heteroatoms. The van der Waals surface area contributed by atoms with Gasteiger partial charge in [-0.3, -0.25) is 9.79 Å². The second kappa shape index (κ2) is 6.21. The maximum absolute atomic E-state index is 11.1. The van der Waals surface area contributed by atoms with Crippen LogP contribution in [0, 0.1) is 18.8 Å². The number of benzene rings is 1. The van der Waals surface area contributed by atoms with Crippen molar-refractivity contribution in [3.63, 3.8) is 0 Å². The number of allylic oxidation sites excluding steroid dienone is 2. The van der Waals surface area contributed by atoms with Gasteiger partial charge < -0.3 is 5.73 Å². The molecule has 2 N–H and O–H groups in total. The molecule has 3 nitrogen and oxygen atoms in total. The minimum absolute atomic E-state index is 0.441. The summed E-state index contributed by atoms with van der Waals surface area (Å²) in [7, 11) is 0. The second-order valence-electron chi connectivity index (χ2n) is 3.62. The Bertz CT molecular complexity index is 586. The van der Waals surface area contributed by atoms with Gasteiger partial charge in [-0.2, -0.15) is 0 Å². The highest BCUT2D eigenvalue weighted by atomic mass is 16.1. The molecule has 0 aliphatic rings. The van der Waals surface area contributed by atoms with Crippen LogP contribution in [0.2, 0.25) is 0 Å². The van der Waals surface area contributed by atoms with E-state index in [0.29, 0.717) is 11.1 Å². The Hall–Kier alpha value is -2.60. The summed E-state index contributed by atoms with van der Waals surface area (Å²) in [5.41, 5.74) is 8.05. The van der Waals surface area contributed by atoms with Crippen LogP contribution < -0.4 is 5.73 Å². The highest BCUT2D eigenvalue weighted by molar-refractivity contribution is 5.93. The Morgan fingerprint density at radius 3 is 2.78 bits per heavy atom. The second-order valence-corrected chi connectivity index (χ2v) is 3.62. The summed E-state index contributed by atoms with van der Waals surface area (Å²) >= 11 is 0. The largest absolute Gasteiger partial charge is 0.366 e. The average molecular weight is 238 g/mol. The highest BCUT2D eigenvalue weighted by Gasteiger charge is 2.02. The number of rotatable bonds is 3. The lowest BCUT2D eigenvalue weighted by Gasteiger charge is -2.00. The Labute approximate surface area is 107 Å². The Morgan fingerprint density at radius 1 is 1.50 bits per heavy atom. The van der Waals surface area contributed by atoms with Crippen molar-refractivity contribution in [2.45, 2.75) is 6.92 Å². The summed E-state index contributed by atoms with van der Waals surface area (Å²) in [5.74, 6) is 5.39. The minimum Gasteiger partial charge on any atom is -0.366 e. The molecule has 0 saturated carbocycles. The van der Waals surface area contributed by atoms with Gasteiger partial charge in [0.05, 0.1) is 0 Å². The van der Waals surface area contributed by atoms with E-state index in [1.54, 1.807) is 18.2 Å². The average Bonchev–Trinajstić information content (AvgIpc) is 2.35. The van der Waals surface area contributed by atoms with Gasteiger partial charge in [-0.1, -0.05) is 30.6 Å². The molecule has 0 bridgehead atoms. The first-order chi connectivity index (χ1) is 8.58. The fourth-order valence-corrected chi connectivity index (χ4v) is 1.28. The molecule has 0 spiro atoms. The van der Waals surface area contributed by atoms with Crippen molar-refractivity contribution in [2.24, 2.45) is 10.7 Å². The molecular formula is C15H14N2O. The lowest BCUT2D eigenvalue weighted by Crippen LogP contribution is -2.11. The first-order valence-electron chi connectivity index (χ1n) is 5.29. The van der Waals surface area contributed by atoms with E-state index >= 15 is 0 Å². The number of amides is 1. The Balaban J connectivity index is 3.18. The molecular weight excluding hydrogens is 224 g/mol. The van der Waals surface area contributed by atoms with Gasteiger partial charge in [0.1, 0.15) is 0 Å². The molecule has 0 aromatic heterocycles. The molecule has 0 aliphatic heterocycles. The monoisotopic (exact) mass is 238 g/mol. The van der Waals surface area contributed by atoms with Gasteiger partial charge in [-0.05, 0) is 31.3 Å². The number of carbonyl (C=O) groups is 1. The van der Waals surface area contributed by atoms with Crippen LogP contribution in [0.4, 0.5) is 0 Å². The number of hydrogen-bond donors (Lipinski definition) is 1. The van der Waals surface area contributed by atoms with Crippen LogP contribution in [-0.2, 0) is 0 Å². The molecule has 1 aromatic carbocycles. The molecule has 0 atom stereocenters. The van der Waals surface area contributed by atoms with Crippen LogP contribution in [0.1, 0.15) is 21.5 Å². The third-order valence-corrected chi connectivity index (χ3v) is 2.31. The first-order valence-corrected chi connectivity index (χ1v) is 5.29. The molecule has 0 heterocycles. The number of primary amides is 1. The van der Waals surface area contributed by atoms with E-state index in [1.165, 1.54) is 6.20 Å². The van der Waals surface area contributed by atoms with E-state index in [1.807, 2.05) is 13.0 Å². The predicted molar refractivity (Wildman–Crippen MR) is 74.4 cm³/mol. The zero-order valence-corrected chi connectivity index (χ0v) is 10.2. The molecule has 1 rings (SSSR count). The molecule has 1 aromatic rings. The van der Waals surface area contributed by atoms with E-state index in [4.69, 9.17) is 5.73 Å². The smallest absolute Gasteiger partial charge is 0.248 e. The van der Waals surface area contributed by atoms with Crippen molar-refractivity contribution in [1.82, 2.24) is 0 Å². The molecule has 18 heavy (non-hydrogen) atoms. The summed E-state index contributed by atoms with van der Waals surface area (Å²) in [6, 6.07) is 5.16. The number of aryl methyl sites for hydroxylation is 1. The van der Waals surface area contributed by atoms with Gasteiger partial charge >= 0.3 is 0 Å². The summed E-state index contributed by atoms with van der Waals surface area (Å²) in [4.78, 5) is 14.7. The van der Waals surface area contributed by atoms with Gasteiger partial charge in [0.15, 0.2) is 0 Å². The van der Waals surface area contributed by atoms with Crippen LogP contribution in [0.15, 0.2) is 47.6 Å². The first kappa shape index (κ1) is 13.5. The predicted octanol–water partition coefficient (Wildman–Crippen LogP) is 2.22. The van der Waals surface area contributed by atoms with Crippen molar-refractivity contribution in [3.05, 3.63) is 59.3 Å². The van der Waals surface area contributed by atoms with E-state index in [9.17, 15) is 4.79 Å². The van der Waals surface area contributed by atoms with E-state index in [-0.39, 0.29) is 0 Å². The van der Waals surface area contributed by atoms with Crippen molar-refractivity contribution >= 4 is 12.6 Å². The standard InChI is InChI=1S/C15H14N2O/c1-4-12(10-17-3)6-8-13-9-14(15(16)18)7-5-11(13)2/h4-5,7,9-10H,1,3H2,2H3,(H2,16,18)/b12-10+. The van der Waals surface area contributed by atoms with Crippen molar-refractivity contribution in [2.75, 3.05) is 0 Å². The fraction of sp³-hybridized carbons (Fsp3) is 0.0667. The molecule has 0 unspecified atom stereocenters. The van der Waals surface area contributed by atoms with Crippen LogP contribution in [0.25, 0.3) is 0 Å². The maximum Gasteiger partial charge on any atom is 0.248 e.